The van der Waals surface area contributed by atoms with Gasteiger partial charge in [0.15, 0.2) is 11.3 Å². The Morgan fingerprint density at radius 1 is 1.25 bits per heavy atom. The van der Waals surface area contributed by atoms with Gasteiger partial charge in [0, 0.05) is 10.6 Å². The third-order valence-electron chi connectivity index (χ3n) is 3.41. The van der Waals surface area contributed by atoms with E-state index in [-0.39, 0.29) is 22.6 Å². The molecular formula is C15H9ClF3N3O2. The van der Waals surface area contributed by atoms with E-state index in [0.29, 0.717) is 15.1 Å². The zero-order valence-corrected chi connectivity index (χ0v) is 12.9. The first kappa shape index (κ1) is 16.3. The first-order chi connectivity index (χ1) is 11.2. The predicted octanol–water partition coefficient (Wildman–Crippen LogP) is 4.08. The molecule has 0 aliphatic carbocycles. The van der Waals surface area contributed by atoms with Gasteiger partial charge < -0.3 is 5.11 Å². The van der Waals surface area contributed by atoms with Crippen molar-refractivity contribution in [3.63, 3.8) is 0 Å². The summed E-state index contributed by atoms with van der Waals surface area (Å²) in [5.41, 5.74) is -1.52. The second kappa shape index (κ2) is 5.48. The van der Waals surface area contributed by atoms with E-state index in [9.17, 15) is 23.1 Å². The zero-order chi connectivity index (χ0) is 17.6. The summed E-state index contributed by atoms with van der Waals surface area (Å²) < 4.78 is 40.6. The maximum absolute atomic E-state index is 13.4. The number of alkyl halides is 3. The molecule has 0 atom stereocenters. The van der Waals surface area contributed by atoms with Crippen molar-refractivity contribution >= 4 is 23.2 Å². The third kappa shape index (κ3) is 2.69. The summed E-state index contributed by atoms with van der Waals surface area (Å²) in [7, 11) is 0. The molecule has 2 heterocycles. The van der Waals surface area contributed by atoms with Gasteiger partial charge in [-0.25, -0.2) is 14.3 Å². The molecule has 24 heavy (non-hydrogen) atoms. The van der Waals surface area contributed by atoms with Crippen molar-refractivity contribution in [3.05, 3.63) is 52.3 Å². The Hall–Kier alpha value is -2.61. The molecule has 0 aliphatic heterocycles. The van der Waals surface area contributed by atoms with Crippen molar-refractivity contribution in [2.75, 3.05) is 0 Å². The molecule has 0 unspecified atom stereocenters. The van der Waals surface area contributed by atoms with Crippen LogP contribution < -0.4 is 0 Å². The topological polar surface area (TPSA) is 67.5 Å². The van der Waals surface area contributed by atoms with Gasteiger partial charge in [-0.15, -0.1) is 0 Å². The maximum Gasteiger partial charge on any atom is 0.433 e. The van der Waals surface area contributed by atoms with E-state index < -0.39 is 17.8 Å². The van der Waals surface area contributed by atoms with Crippen LogP contribution >= 0.6 is 11.6 Å². The number of aryl methyl sites for hydroxylation is 1. The highest BCUT2D eigenvalue weighted by Crippen LogP contribution is 2.33. The lowest BCUT2D eigenvalue weighted by molar-refractivity contribution is -0.142. The fraction of sp³-hybridized carbons (Fsp3) is 0.133. The third-order valence-corrected chi connectivity index (χ3v) is 3.66. The van der Waals surface area contributed by atoms with E-state index in [0.717, 1.165) is 6.07 Å². The van der Waals surface area contributed by atoms with Gasteiger partial charge in [-0.2, -0.15) is 18.3 Å². The van der Waals surface area contributed by atoms with Crippen LogP contribution in [0.3, 0.4) is 0 Å². The number of nitrogens with zero attached hydrogens (tertiary/aromatic N) is 3. The lowest BCUT2D eigenvalue weighted by Gasteiger charge is -2.11. The number of fused-ring (bicyclic) bond motifs is 1. The first-order valence-corrected chi connectivity index (χ1v) is 7.03. The molecule has 0 fully saturated rings. The zero-order valence-electron chi connectivity index (χ0n) is 12.1. The molecule has 9 heteroatoms. The average molecular weight is 356 g/mol. The van der Waals surface area contributed by atoms with Gasteiger partial charge in [0.2, 0.25) is 0 Å². The van der Waals surface area contributed by atoms with Crippen LogP contribution in [0.5, 0.6) is 0 Å². The quantitative estimate of drug-likeness (QED) is 0.752. The number of hydrogen-bond acceptors (Lipinski definition) is 3. The molecule has 1 N–H and O–H groups in total. The predicted molar refractivity (Wildman–Crippen MR) is 80.1 cm³/mol. The first-order valence-electron chi connectivity index (χ1n) is 6.65. The van der Waals surface area contributed by atoms with Crippen LogP contribution in [0.4, 0.5) is 13.2 Å². The fourth-order valence-electron chi connectivity index (χ4n) is 2.34. The van der Waals surface area contributed by atoms with Gasteiger partial charge in [0.1, 0.15) is 5.56 Å². The number of carboxylic acids is 1. The molecule has 1 aromatic carbocycles. The number of aromatic carboxylic acids is 1. The highest BCUT2D eigenvalue weighted by atomic mass is 35.5. The van der Waals surface area contributed by atoms with Crippen LogP contribution in [0.2, 0.25) is 5.02 Å². The number of halogens is 4. The van der Waals surface area contributed by atoms with Crippen molar-refractivity contribution in [2.45, 2.75) is 13.1 Å². The molecule has 124 valence electrons. The monoisotopic (exact) mass is 355 g/mol. The number of carbonyl (C=O) groups is 1. The smallest absolute Gasteiger partial charge is 0.433 e. The van der Waals surface area contributed by atoms with Crippen LogP contribution in [0.25, 0.3) is 16.9 Å². The van der Waals surface area contributed by atoms with Crippen LogP contribution in [0, 0.1) is 6.92 Å². The van der Waals surface area contributed by atoms with Gasteiger partial charge in [-0.3, -0.25) is 0 Å². The van der Waals surface area contributed by atoms with E-state index >= 15 is 0 Å². The molecule has 3 rings (SSSR count). The van der Waals surface area contributed by atoms with Crippen LogP contribution in [-0.4, -0.2) is 25.7 Å². The molecule has 0 saturated heterocycles. The SMILES string of the molecule is Cc1nn2c(C(F)(F)F)cc(-c3ccc(Cl)cc3)nc2c1C(=O)O. The summed E-state index contributed by atoms with van der Waals surface area (Å²) >= 11 is 5.78. The summed E-state index contributed by atoms with van der Waals surface area (Å²) in [6.45, 7) is 1.32. The van der Waals surface area contributed by atoms with Crippen LogP contribution in [0.15, 0.2) is 30.3 Å². The highest BCUT2D eigenvalue weighted by molar-refractivity contribution is 6.30. The standard InChI is InChI=1S/C15H9ClF3N3O2/c1-7-12(14(23)24)13-20-10(8-2-4-9(16)5-3-8)6-11(15(17,18)19)22(13)21-7/h2-6H,1H3,(H,23,24). The molecule has 3 aromatic rings. The lowest BCUT2D eigenvalue weighted by Crippen LogP contribution is -2.14. The van der Waals surface area contributed by atoms with Crippen molar-refractivity contribution < 1.29 is 23.1 Å². The van der Waals surface area contributed by atoms with Gasteiger partial charge in [-0.1, -0.05) is 23.7 Å². The average Bonchev–Trinajstić information content (AvgIpc) is 2.81. The maximum atomic E-state index is 13.4. The van der Waals surface area contributed by atoms with Crippen molar-refractivity contribution in [1.82, 2.24) is 14.6 Å². The lowest BCUT2D eigenvalue weighted by atomic mass is 10.1. The van der Waals surface area contributed by atoms with Crippen LogP contribution in [0.1, 0.15) is 21.7 Å². The minimum atomic E-state index is -4.73. The second-order valence-electron chi connectivity index (χ2n) is 5.03. The molecule has 0 bridgehead atoms. The largest absolute Gasteiger partial charge is 0.477 e. The molecule has 2 aromatic heterocycles. The number of benzene rings is 1. The number of hydrogen-bond donors (Lipinski definition) is 1. The van der Waals surface area contributed by atoms with E-state index in [1.807, 2.05) is 0 Å². The summed E-state index contributed by atoms with van der Waals surface area (Å²) in [6.07, 6.45) is -4.73. The second-order valence-corrected chi connectivity index (χ2v) is 5.47. The van der Waals surface area contributed by atoms with Gasteiger partial charge >= 0.3 is 12.1 Å². The Morgan fingerprint density at radius 3 is 2.42 bits per heavy atom. The fourth-order valence-corrected chi connectivity index (χ4v) is 2.47. The van der Waals surface area contributed by atoms with Gasteiger partial charge in [0.25, 0.3) is 0 Å². The summed E-state index contributed by atoms with van der Waals surface area (Å²) in [6, 6.07) is 6.86. The normalized spacial score (nSPS) is 11.9. The van der Waals surface area contributed by atoms with E-state index in [1.54, 1.807) is 0 Å². The molecular weight excluding hydrogens is 347 g/mol. The Bertz CT molecular complexity index is 949. The Labute approximate surface area is 138 Å². The molecule has 0 amide bonds. The summed E-state index contributed by atoms with van der Waals surface area (Å²) in [5.74, 6) is -1.39. The van der Waals surface area contributed by atoms with E-state index in [1.165, 1.54) is 31.2 Å². The van der Waals surface area contributed by atoms with Gasteiger partial charge in [-0.05, 0) is 25.1 Å². The minimum absolute atomic E-state index is 0.0195. The van der Waals surface area contributed by atoms with Crippen molar-refractivity contribution in [1.29, 1.82) is 0 Å². The number of carboxylic acid groups (broad SMARTS) is 1. The Kier molecular flexibility index (Phi) is 3.71. The van der Waals surface area contributed by atoms with Crippen molar-refractivity contribution in [2.24, 2.45) is 0 Å². The molecule has 0 aliphatic rings. The molecule has 0 saturated carbocycles. The Balaban J connectivity index is 2.38. The van der Waals surface area contributed by atoms with Crippen molar-refractivity contribution in [3.8, 4) is 11.3 Å². The highest BCUT2D eigenvalue weighted by Gasteiger charge is 2.36. The summed E-state index contributed by atoms with van der Waals surface area (Å²) in [5, 5.41) is 13.4. The van der Waals surface area contributed by atoms with Crippen LogP contribution in [-0.2, 0) is 6.18 Å². The van der Waals surface area contributed by atoms with Gasteiger partial charge in [0.05, 0.1) is 11.4 Å². The van der Waals surface area contributed by atoms with E-state index in [2.05, 4.69) is 10.1 Å². The Morgan fingerprint density at radius 2 is 1.88 bits per heavy atom. The number of aromatic nitrogens is 3. The van der Waals surface area contributed by atoms with E-state index in [4.69, 9.17) is 11.6 Å². The molecule has 0 spiro atoms. The minimum Gasteiger partial charge on any atom is -0.477 e. The number of rotatable bonds is 2. The molecule has 5 nitrogen and oxygen atoms in total. The molecule has 0 radical (unpaired) electrons. The summed E-state index contributed by atoms with van der Waals surface area (Å²) in [4.78, 5) is 15.4.